The molecule has 24 heavy (non-hydrogen) atoms. The summed E-state index contributed by atoms with van der Waals surface area (Å²) in [5, 5.41) is 3.09. The molecule has 0 aromatic heterocycles. The topological polar surface area (TPSA) is 41.6 Å². The standard InChI is InChI=1S/C20H22N2O2/c1-24-16-7-8-17-18(9-16)20(23)21-10-15-12-22(13-19(15)17)11-14-5-3-2-4-6-14/h2-9,15,19H,10-13H2,1H3,(H,21,23)/t15-,19-/m0/s1. The van der Waals surface area contributed by atoms with Gasteiger partial charge >= 0.3 is 0 Å². The van der Waals surface area contributed by atoms with Crippen LogP contribution in [0, 0.1) is 5.92 Å². The van der Waals surface area contributed by atoms with Gasteiger partial charge in [0, 0.05) is 37.7 Å². The van der Waals surface area contributed by atoms with Crippen molar-refractivity contribution in [3.8, 4) is 5.75 Å². The summed E-state index contributed by atoms with van der Waals surface area (Å²) in [7, 11) is 1.64. The maximum absolute atomic E-state index is 12.4. The number of nitrogens with zero attached hydrogens (tertiary/aromatic N) is 1. The predicted octanol–water partition coefficient (Wildman–Crippen LogP) is 2.65. The second-order valence-electron chi connectivity index (χ2n) is 6.71. The lowest BCUT2D eigenvalue weighted by Crippen LogP contribution is -2.29. The van der Waals surface area contributed by atoms with E-state index in [4.69, 9.17) is 4.74 Å². The number of hydrogen-bond acceptors (Lipinski definition) is 3. The number of rotatable bonds is 3. The van der Waals surface area contributed by atoms with Gasteiger partial charge in [-0.15, -0.1) is 0 Å². The van der Waals surface area contributed by atoms with E-state index in [0.29, 0.717) is 11.8 Å². The first-order valence-electron chi connectivity index (χ1n) is 8.47. The molecule has 0 spiro atoms. The van der Waals surface area contributed by atoms with E-state index >= 15 is 0 Å². The molecular weight excluding hydrogens is 300 g/mol. The zero-order valence-corrected chi connectivity index (χ0v) is 13.9. The van der Waals surface area contributed by atoms with Crippen molar-refractivity contribution in [2.24, 2.45) is 5.92 Å². The lowest BCUT2D eigenvalue weighted by molar-refractivity contribution is 0.0950. The molecule has 2 aromatic carbocycles. The van der Waals surface area contributed by atoms with E-state index in [1.54, 1.807) is 7.11 Å². The van der Waals surface area contributed by atoms with Gasteiger partial charge in [0.2, 0.25) is 0 Å². The van der Waals surface area contributed by atoms with Gasteiger partial charge < -0.3 is 10.1 Å². The minimum absolute atomic E-state index is 0.0212. The van der Waals surface area contributed by atoms with Gasteiger partial charge in [-0.2, -0.15) is 0 Å². The van der Waals surface area contributed by atoms with Gasteiger partial charge in [-0.1, -0.05) is 36.4 Å². The smallest absolute Gasteiger partial charge is 0.251 e. The molecular formula is C20H22N2O2. The molecule has 4 rings (SSSR count). The van der Waals surface area contributed by atoms with E-state index in [1.807, 2.05) is 12.1 Å². The maximum atomic E-state index is 12.4. The monoisotopic (exact) mass is 322 g/mol. The molecule has 2 aliphatic rings. The lowest BCUT2D eigenvalue weighted by Gasteiger charge is -2.18. The highest BCUT2D eigenvalue weighted by molar-refractivity contribution is 5.96. The molecule has 4 heteroatoms. The normalized spacial score (nSPS) is 23.1. The van der Waals surface area contributed by atoms with Gasteiger partial charge in [0.1, 0.15) is 5.75 Å². The summed E-state index contributed by atoms with van der Waals surface area (Å²) in [6, 6.07) is 16.5. The van der Waals surface area contributed by atoms with Crippen LogP contribution in [0.4, 0.5) is 0 Å². The molecule has 2 aromatic rings. The Morgan fingerprint density at radius 3 is 2.79 bits per heavy atom. The molecule has 0 aliphatic carbocycles. The van der Waals surface area contributed by atoms with Crippen molar-refractivity contribution >= 4 is 5.91 Å². The molecule has 1 fully saturated rings. The number of ether oxygens (including phenoxy) is 1. The Morgan fingerprint density at radius 2 is 2.00 bits per heavy atom. The van der Waals surface area contributed by atoms with E-state index < -0.39 is 0 Å². The van der Waals surface area contributed by atoms with Crippen LogP contribution >= 0.6 is 0 Å². The van der Waals surface area contributed by atoms with Crippen LogP contribution in [0.3, 0.4) is 0 Å². The third-order valence-electron chi connectivity index (χ3n) is 5.20. The number of carbonyl (C=O) groups is 1. The Labute approximate surface area is 142 Å². The van der Waals surface area contributed by atoms with Crippen molar-refractivity contribution in [1.29, 1.82) is 0 Å². The van der Waals surface area contributed by atoms with Crippen molar-refractivity contribution in [1.82, 2.24) is 10.2 Å². The average molecular weight is 322 g/mol. The molecule has 0 radical (unpaired) electrons. The van der Waals surface area contributed by atoms with Crippen molar-refractivity contribution in [3.05, 3.63) is 65.2 Å². The largest absolute Gasteiger partial charge is 0.497 e. The number of benzene rings is 2. The Morgan fingerprint density at radius 1 is 1.17 bits per heavy atom. The van der Waals surface area contributed by atoms with Gasteiger partial charge in [0.25, 0.3) is 5.91 Å². The SMILES string of the molecule is COc1ccc2c(c1)C(=O)NC[C@H]1CN(Cc3ccccc3)C[C@H]21. The summed E-state index contributed by atoms with van der Waals surface area (Å²) in [5.74, 6) is 1.62. The second-order valence-corrected chi connectivity index (χ2v) is 6.71. The van der Waals surface area contributed by atoms with Crippen molar-refractivity contribution in [2.75, 3.05) is 26.7 Å². The summed E-state index contributed by atoms with van der Waals surface area (Å²) in [5.41, 5.74) is 3.27. The number of carbonyl (C=O) groups excluding carboxylic acids is 1. The van der Waals surface area contributed by atoms with Gasteiger partial charge in [-0.05, 0) is 29.2 Å². The minimum atomic E-state index is 0.0212. The van der Waals surface area contributed by atoms with Crippen LogP contribution < -0.4 is 10.1 Å². The van der Waals surface area contributed by atoms with Crippen LogP contribution in [0.2, 0.25) is 0 Å². The fourth-order valence-electron chi connectivity index (χ4n) is 3.99. The van der Waals surface area contributed by atoms with Crippen LogP contribution in [-0.2, 0) is 6.54 Å². The predicted molar refractivity (Wildman–Crippen MR) is 93.3 cm³/mol. The second kappa shape index (κ2) is 6.29. The maximum Gasteiger partial charge on any atom is 0.251 e. The van der Waals surface area contributed by atoms with E-state index in [2.05, 4.69) is 46.6 Å². The van der Waals surface area contributed by atoms with Gasteiger partial charge in [-0.25, -0.2) is 0 Å². The molecule has 2 heterocycles. The number of methoxy groups -OCH3 is 1. The summed E-state index contributed by atoms with van der Waals surface area (Å²) in [4.78, 5) is 14.9. The van der Waals surface area contributed by atoms with Crippen LogP contribution in [0.25, 0.3) is 0 Å². The van der Waals surface area contributed by atoms with E-state index in [9.17, 15) is 4.79 Å². The molecule has 0 bridgehead atoms. The Hall–Kier alpha value is -2.33. The molecule has 2 atom stereocenters. The first-order valence-corrected chi connectivity index (χ1v) is 8.47. The van der Waals surface area contributed by atoms with E-state index in [0.717, 1.165) is 43.1 Å². The highest BCUT2D eigenvalue weighted by Gasteiger charge is 2.38. The highest BCUT2D eigenvalue weighted by Crippen LogP contribution is 2.37. The van der Waals surface area contributed by atoms with Gasteiger partial charge in [0.05, 0.1) is 7.11 Å². The third-order valence-corrected chi connectivity index (χ3v) is 5.20. The van der Waals surface area contributed by atoms with Crippen molar-refractivity contribution < 1.29 is 9.53 Å². The number of likely N-dealkylation sites (tertiary alicyclic amines) is 1. The van der Waals surface area contributed by atoms with Crippen LogP contribution in [-0.4, -0.2) is 37.6 Å². The van der Waals surface area contributed by atoms with E-state index in [1.165, 1.54) is 5.56 Å². The first-order chi connectivity index (χ1) is 11.7. The third kappa shape index (κ3) is 2.78. The van der Waals surface area contributed by atoms with Gasteiger partial charge in [0.15, 0.2) is 0 Å². The van der Waals surface area contributed by atoms with Crippen LogP contribution in [0.1, 0.15) is 27.4 Å². The van der Waals surface area contributed by atoms with Crippen molar-refractivity contribution in [2.45, 2.75) is 12.5 Å². The van der Waals surface area contributed by atoms with Gasteiger partial charge in [-0.3, -0.25) is 9.69 Å². The first kappa shape index (κ1) is 15.2. The molecule has 4 nitrogen and oxygen atoms in total. The fraction of sp³-hybridized carbons (Fsp3) is 0.350. The van der Waals surface area contributed by atoms with Crippen LogP contribution in [0.15, 0.2) is 48.5 Å². The fourth-order valence-corrected chi connectivity index (χ4v) is 3.99. The summed E-state index contributed by atoms with van der Waals surface area (Å²) in [6.45, 7) is 3.72. The molecule has 2 aliphatic heterocycles. The Bertz CT molecular complexity index is 745. The molecule has 0 unspecified atom stereocenters. The summed E-state index contributed by atoms with van der Waals surface area (Å²) >= 11 is 0. The highest BCUT2D eigenvalue weighted by atomic mass is 16.5. The van der Waals surface area contributed by atoms with Crippen LogP contribution in [0.5, 0.6) is 5.75 Å². The minimum Gasteiger partial charge on any atom is -0.497 e. The molecule has 1 amide bonds. The Balaban J connectivity index is 1.60. The quantitative estimate of drug-likeness (QED) is 0.944. The number of hydrogen-bond donors (Lipinski definition) is 1. The molecule has 1 saturated heterocycles. The number of fused-ring (bicyclic) bond motifs is 3. The van der Waals surface area contributed by atoms with E-state index in [-0.39, 0.29) is 5.91 Å². The molecule has 1 N–H and O–H groups in total. The number of amides is 1. The lowest BCUT2D eigenvalue weighted by atomic mass is 9.87. The molecule has 0 saturated carbocycles. The van der Waals surface area contributed by atoms with Crippen molar-refractivity contribution in [3.63, 3.8) is 0 Å². The molecule has 124 valence electrons. The summed E-state index contributed by atoms with van der Waals surface area (Å²) in [6.07, 6.45) is 0. The average Bonchev–Trinajstić information content (AvgIpc) is 2.97. The summed E-state index contributed by atoms with van der Waals surface area (Å²) < 4.78 is 5.29. The zero-order chi connectivity index (χ0) is 16.5. The zero-order valence-electron chi connectivity index (χ0n) is 13.9. The Kier molecular flexibility index (Phi) is 3.98. The number of nitrogens with one attached hydrogen (secondary N) is 1.